The molecule has 2 fully saturated rings. The van der Waals surface area contributed by atoms with Crippen LogP contribution in [0.4, 0.5) is 0 Å². The number of benzene rings is 1. The van der Waals surface area contributed by atoms with Crippen molar-refractivity contribution in [1.29, 1.82) is 0 Å². The third-order valence-corrected chi connectivity index (χ3v) is 5.37. The van der Waals surface area contributed by atoms with E-state index < -0.39 is 0 Å². The first-order chi connectivity index (χ1) is 10.1. The molecule has 2 aliphatic rings. The lowest BCUT2D eigenvalue weighted by atomic mass is 9.97. The van der Waals surface area contributed by atoms with Gasteiger partial charge in [0, 0.05) is 11.6 Å². The topological polar surface area (TPSA) is 17.8 Å². The van der Waals surface area contributed by atoms with Gasteiger partial charge >= 0.3 is 0 Å². The number of halogens is 2. The van der Waals surface area contributed by atoms with Crippen molar-refractivity contribution in [2.24, 2.45) is 17.8 Å². The minimum atomic E-state index is -0.0739. The third-order valence-electron chi connectivity index (χ3n) is 4.94. The Hall–Kier alpha value is -0.730. The fourth-order valence-electron chi connectivity index (χ4n) is 3.56. The number of rotatable bonds is 5. The summed E-state index contributed by atoms with van der Waals surface area (Å²) in [6, 6.07) is 5.98. The highest BCUT2D eigenvalue weighted by molar-refractivity contribution is 6.31. The van der Waals surface area contributed by atoms with Crippen molar-refractivity contribution in [3.05, 3.63) is 29.0 Å². The molecule has 0 bridgehead atoms. The second-order valence-corrected chi connectivity index (χ2v) is 7.76. The molecule has 112 valence electrons. The van der Waals surface area contributed by atoms with Crippen LogP contribution in [0.3, 0.4) is 0 Å². The van der Waals surface area contributed by atoms with Gasteiger partial charge in [-0.05, 0) is 68.6 Å². The Labute approximate surface area is 135 Å². The summed E-state index contributed by atoms with van der Waals surface area (Å²) < 4.78 is 2.35. The van der Waals surface area contributed by atoms with Gasteiger partial charge in [-0.25, -0.2) is 4.98 Å². The van der Waals surface area contributed by atoms with Crippen LogP contribution >= 0.6 is 23.2 Å². The Balaban J connectivity index is 1.75. The van der Waals surface area contributed by atoms with E-state index in [0.29, 0.717) is 0 Å². The number of hydrogen-bond donors (Lipinski definition) is 0. The molecule has 1 aromatic heterocycles. The number of fused-ring (bicyclic) bond motifs is 1. The SMILES string of the molecule is CC(Cl)c1nc2cc(Cl)ccc2n1CC(C1CC1)C1CC1. The quantitative estimate of drug-likeness (QED) is 0.671. The number of hydrogen-bond acceptors (Lipinski definition) is 1. The van der Waals surface area contributed by atoms with E-state index in [2.05, 4.69) is 10.6 Å². The molecule has 0 saturated heterocycles. The summed E-state index contributed by atoms with van der Waals surface area (Å²) in [6.45, 7) is 3.07. The highest BCUT2D eigenvalue weighted by Crippen LogP contribution is 2.50. The molecule has 2 aliphatic carbocycles. The van der Waals surface area contributed by atoms with E-state index in [1.807, 2.05) is 19.1 Å². The Morgan fingerprint density at radius 2 is 1.90 bits per heavy atom. The summed E-state index contributed by atoms with van der Waals surface area (Å²) in [4.78, 5) is 4.73. The van der Waals surface area contributed by atoms with Crippen molar-refractivity contribution in [3.8, 4) is 0 Å². The largest absolute Gasteiger partial charge is 0.326 e. The van der Waals surface area contributed by atoms with Crippen molar-refractivity contribution in [2.45, 2.75) is 44.5 Å². The predicted octanol–water partition coefficient (Wildman–Crippen LogP) is 5.43. The number of imidazole rings is 1. The van der Waals surface area contributed by atoms with E-state index in [0.717, 1.165) is 40.7 Å². The summed E-state index contributed by atoms with van der Waals surface area (Å²) in [5.41, 5.74) is 2.14. The Bertz CT molecular complexity index is 657. The van der Waals surface area contributed by atoms with Gasteiger partial charge in [-0.15, -0.1) is 11.6 Å². The average molecular weight is 323 g/mol. The maximum absolute atomic E-state index is 6.38. The van der Waals surface area contributed by atoms with Crippen LogP contribution < -0.4 is 0 Å². The van der Waals surface area contributed by atoms with Crippen LogP contribution in [0.25, 0.3) is 11.0 Å². The first-order valence-electron chi connectivity index (χ1n) is 7.93. The standard InChI is InChI=1S/C17H20Cl2N2/c1-10(18)17-20-15-8-13(19)6-7-16(15)21(17)9-14(11-2-3-11)12-4-5-12/h6-8,10-12,14H,2-5,9H2,1H3. The van der Waals surface area contributed by atoms with E-state index in [4.69, 9.17) is 28.2 Å². The lowest BCUT2D eigenvalue weighted by Gasteiger charge is -2.19. The summed E-state index contributed by atoms with van der Waals surface area (Å²) >= 11 is 12.5. The van der Waals surface area contributed by atoms with E-state index >= 15 is 0 Å². The molecule has 2 aromatic rings. The lowest BCUT2D eigenvalue weighted by Crippen LogP contribution is -2.17. The van der Waals surface area contributed by atoms with Gasteiger partial charge in [-0.2, -0.15) is 0 Å². The zero-order chi connectivity index (χ0) is 14.6. The molecule has 2 saturated carbocycles. The predicted molar refractivity (Wildman–Crippen MR) is 87.9 cm³/mol. The van der Waals surface area contributed by atoms with Gasteiger partial charge in [0.1, 0.15) is 5.82 Å². The van der Waals surface area contributed by atoms with Gasteiger partial charge in [0.15, 0.2) is 0 Å². The van der Waals surface area contributed by atoms with Crippen LogP contribution in [0, 0.1) is 17.8 Å². The molecule has 0 spiro atoms. The molecule has 1 unspecified atom stereocenters. The Kier molecular flexibility index (Phi) is 3.42. The minimum Gasteiger partial charge on any atom is -0.326 e. The van der Waals surface area contributed by atoms with Crippen molar-refractivity contribution in [3.63, 3.8) is 0 Å². The monoisotopic (exact) mass is 322 g/mol. The van der Waals surface area contributed by atoms with Gasteiger partial charge in [0.2, 0.25) is 0 Å². The molecular formula is C17H20Cl2N2. The molecule has 1 atom stereocenters. The summed E-state index contributed by atoms with van der Waals surface area (Å²) in [6.07, 6.45) is 5.63. The van der Waals surface area contributed by atoms with Crippen molar-refractivity contribution < 1.29 is 0 Å². The number of nitrogens with zero attached hydrogens (tertiary/aromatic N) is 2. The van der Waals surface area contributed by atoms with Gasteiger partial charge in [0.25, 0.3) is 0 Å². The van der Waals surface area contributed by atoms with Gasteiger partial charge in [-0.3, -0.25) is 0 Å². The molecule has 2 nitrogen and oxygen atoms in total. The van der Waals surface area contributed by atoms with Crippen molar-refractivity contribution >= 4 is 34.2 Å². The molecular weight excluding hydrogens is 303 g/mol. The van der Waals surface area contributed by atoms with Gasteiger partial charge in [0.05, 0.1) is 16.4 Å². The molecule has 0 radical (unpaired) electrons. The highest BCUT2D eigenvalue weighted by atomic mass is 35.5. The normalized spacial score (nSPS) is 20.4. The maximum Gasteiger partial charge on any atom is 0.127 e. The second-order valence-electron chi connectivity index (χ2n) is 6.67. The fraction of sp³-hybridized carbons (Fsp3) is 0.588. The molecule has 1 aromatic carbocycles. The zero-order valence-electron chi connectivity index (χ0n) is 12.2. The molecule has 0 N–H and O–H groups in total. The molecule has 0 amide bonds. The highest BCUT2D eigenvalue weighted by Gasteiger charge is 2.41. The van der Waals surface area contributed by atoms with Crippen LogP contribution in [-0.4, -0.2) is 9.55 Å². The maximum atomic E-state index is 6.38. The van der Waals surface area contributed by atoms with Crippen LogP contribution in [0.15, 0.2) is 18.2 Å². The van der Waals surface area contributed by atoms with Crippen molar-refractivity contribution in [2.75, 3.05) is 0 Å². The smallest absolute Gasteiger partial charge is 0.127 e. The summed E-state index contributed by atoms with van der Waals surface area (Å²) in [5.74, 6) is 3.66. The average Bonchev–Trinajstić information content (AvgIpc) is 3.33. The summed E-state index contributed by atoms with van der Waals surface area (Å²) in [7, 11) is 0. The molecule has 21 heavy (non-hydrogen) atoms. The zero-order valence-corrected chi connectivity index (χ0v) is 13.7. The van der Waals surface area contributed by atoms with Crippen LogP contribution in [0.5, 0.6) is 0 Å². The van der Waals surface area contributed by atoms with Crippen LogP contribution in [0.2, 0.25) is 5.02 Å². The van der Waals surface area contributed by atoms with E-state index in [-0.39, 0.29) is 5.38 Å². The third kappa shape index (κ3) is 2.68. The van der Waals surface area contributed by atoms with Gasteiger partial charge < -0.3 is 4.57 Å². The second kappa shape index (κ2) is 5.17. The van der Waals surface area contributed by atoms with Crippen molar-refractivity contribution in [1.82, 2.24) is 9.55 Å². The number of alkyl halides is 1. The molecule has 4 heteroatoms. The first kappa shape index (κ1) is 13.9. The van der Waals surface area contributed by atoms with Crippen LogP contribution in [-0.2, 0) is 6.54 Å². The van der Waals surface area contributed by atoms with E-state index in [1.165, 1.54) is 31.2 Å². The Morgan fingerprint density at radius 1 is 1.24 bits per heavy atom. The first-order valence-corrected chi connectivity index (χ1v) is 8.74. The lowest BCUT2D eigenvalue weighted by molar-refractivity contribution is 0.348. The van der Waals surface area contributed by atoms with E-state index in [1.54, 1.807) is 0 Å². The molecule has 1 heterocycles. The van der Waals surface area contributed by atoms with Gasteiger partial charge in [-0.1, -0.05) is 11.6 Å². The van der Waals surface area contributed by atoms with Crippen LogP contribution in [0.1, 0.15) is 43.8 Å². The fourth-order valence-corrected chi connectivity index (χ4v) is 3.89. The molecule has 0 aliphatic heterocycles. The molecule has 4 rings (SSSR count). The number of aromatic nitrogens is 2. The van der Waals surface area contributed by atoms with E-state index in [9.17, 15) is 0 Å². The minimum absolute atomic E-state index is 0.0739. The Morgan fingerprint density at radius 3 is 2.48 bits per heavy atom. The summed E-state index contributed by atoms with van der Waals surface area (Å²) in [5, 5.41) is 0.664.